The summed E-state index contributed by atoms with van der Waals surface area (Å²) in [5.41, 5.74) is 6.55. The lowest BCUT2D eigenvalue weighted by Gasteiger charge is -2.22. The SMILES string of the molecule is Cc1cc(C)c(CC(O)C(C)c2ccc(C)c(C)c2)c(O)c1. The van der Waals surface area contributed by atoms with Crippen LogP contribution in [0.25, 0.3) is 0 Å². The second-order valence-electron chi connectivity index (χ2n) is 6.48. The molecular formula is C20H26O2. The number of aromatic hydroxyl groups is 1. The molecule has 0 heterocycles. The summed E-state index contributed by atoms with van der Waals surface area (Å²) < 4.78 is 0. The molecule has 0 amide bonds. The van der Waals surface area contributed by atoms with Gasteiger partial charge in [0.25, 0.3) is 0 Å². The van der Waals surface area contributed by atoms with E-state index in [2.05, 4.69) is 32.0 Å². The maximum absolute atomic E-state index is 10.6. The maximum atomic E-state index is 10.6. The second-order valence-corrected chi connectivity index (χ2v) is 6.48. The number of aliphatic hydroxyl groups is 1. The van der Waals surface area contributed by atoms with Crippen molar-refractivity contribution in [2.24, 2.45) is 0 Å². The molecule has 2 unspecified atom stereocenters. The van der Waals surface area contributed by atoms with E-state index in [-0.39, 0.29) is 11.7 Å². The highest BCUT2D eigenvalue weighted by Gasteiger charge is 2.20. The van der Waals surface area contributed by atoms with Crippen LogP contribution < -0.4 is 0 Å². The first kappa shape index (κ1) is 16.6. The molecule has 0 aromatic heterocycles. The van der Waals surface area contributed by atoms with E-state index in [0.29, 0.717) is 6.42 Å². The van der Waals surface area contributed by atoms with Crippen LogP contribution in [-0.4, -0.2) is 16.3 Å². The molecule has 0 saturated heterocycles. The molecule has 2 heteroatoms. The third-order valence-corrected chi connectivity index (χ3v) is 4.64. The molecule has 0 aliphatic heterocycles. The number of phenolic OH excluding ortho intramolecular Hbond substituents is 1. The summed E-state index contributed by atoms with van der Waals surface area (Å²) in [5.74, 6) is 0.309. The molecule has 0 aliphatic rings. The Morgan fingerprint density at radius 2 is 1.59 bits per heavy atom. The van der Waals surface area contributed by atoms with Crippen LogP contribution in [0, 0.1) is 27.7 Å². The Kier molecular flexibility index (Phi) is 4.92. The van der Waals surface area contributed by atoms with E-state index in [1.807, 2.05) is 26.8 Å². The van der Waals surface area contributed by atoms with Crippen molar-refractivity contribution in [1.82, 2.24) is 0 Å². The van der Waals surface area contributed by atoms with Crippen molar-refractivity contribution in [3.05, 3.63) is 63.7 Å². The quantitative estimate of drug-likeness (QED) is 0.882. The average molecular weight is 298 g/mol. The second kappa shape index (κ2) is 6.53. The van der Waals surface area contributed by atoms with E-state index >= 15 is 0 Å². The number of aliphatic hydroxyl groups excluding tert-OH is 1. The summed E-state index contributed by atoms with van der Waals surface area (Å²) in [7, 11) is 0. The Bertz CT molecular complexity index is 650. The van der Waals surface area contributed by atoms with Crippen LogP contribution in [0.15, 0.2) is 30.3 Å². The summed E-state index contributed by atoms with van der Waals surface area (Å²) >= 11 is 0. The van der Waals surface area contributed by atoms with Crippen molar-refractivity contribution in [2.45, 2.75) is 53.1 Å². The normalized spacial score (nSPS) is 13.9. The van der Waals surface area contributed by atoms with Gasteiger partial charge in [-0.3, -0.25) is 0 Å². The number of rotatable bonds is 4. The number of hydrogen-bond acceptors (Lipinski definition) is 2. The molecule has 2 nitrogen and oxygen atoms in total. The van der Waals surface area contributed by atoms with Gasteiger partial charge in [-0.25, -0.2) is 0 Å². The first-order valence-corrected chi connectivity index (χ1v) is 7.84. The smallest absolute Gasteiger partial charge is 0.119 e. The van der Waals surface area contributed by atoms with Gasteiger partial charge in [0.15, 0.2) is 0 Å². The highest BCUT2D eigenvalue weighted by molar-refractivity contribution is 5.43. The van der Waals surface area contributed by atoms with Crippen molar-refractivity contribution in [2.75, 3.05) is 0 Å². The van der Waals surface area contributed by atoms with Crippen molar-refractivity contribution in [3.8, 4) is 5.75 Å². The molecule has 0 fully saturated rings. The van der Waals surface area contributed by atoms with Gasteiger partial charge in [0.2, 0.25) is 0 Å². The Labute approximate surface area is 133 Å². The minimum atomic E-state index is -0.519. The number of phenols is 1. The molecular weight excluding hydrogens is 272 g/mol. The topological polar surface area (TPSA) is 40.5 Å². The molecule has 0 saturated carbocycles. The molecule has 2 atom stereocenters. The summed E-state index contributed by atoms with van der Waals surface area (Å²) in [6, 6.07) is 10.1. The minimum absolute atomic E-state index is 0.0272. The van der Waals surface area contributed by atoms with Gasteiger partial charge in [-0.15, -0.1) is 0 Å². The lowest BCUT2D eigenvalue weighted by Crippen LogP contribution is -2.19. The van der Waals surface area contributed by atoms with Gasteiger partial charge in [0, 0.05) is 12.3 Å². The van der Waals surface area contributed by atoms with Gasteiger partial charge in [0.05, 0.1) is 6.10 Å². The zero-order valence-corrected chi connectivity index (χ0v) is 14.1. The lowest BCUT2D eigenvalue weighted by atomic mass is 9.88. The van der Waals surface area contributed by atoms with Crippen molar-refractivity contribution in [3.63, 3.8) is 0 Å². The Balaban J connectivity index is 2.21. The van der Waals surface area contributed by atoms with Crippen LogP contribution >= 0.6 is 0 Å². The number of benzene rings is 2. The Hall–Kier alpha value is -1.80. The van der Waals surface area contributed by atoms with Crippen molar-refractivity contribution >= 4 is 0 Å². The molecule has 118 valence electrons. The fraction of sp³-hybridized carbons (Fsp3) is 0.400. The predicted molar refractivity (Wildman–Crippen MR) is 91.6 cm³/mol. The van der Waals surface area contributed by atoms with Gasteiger partial charge >= 0.3 is 0 Å². The molecule has 2 rings (SSSR count). The molecule has 2 aromatic carbocycles. The monoisotopic (exact) mass is 298 g/mol. The van der Waals surface area contributed by atoms with Crippen LogP contribution in [0.4, 0.5) is 0 Å². The van der Waals surface area contributed by atoms with E-state index < -0.39 is 6.10 Å². The van der Waals surface area contributed by atoms with Gasteiger partial charge in [-0.05, 0) is 67.1 Å². The first-order valence-electron chi connectivity index (χ1n) is 7.84. The van der Waals surface area contributed by atoms with Gasteiger partial charge in [-0.2, -0.15) is 0 Å². The standard InChI is InChI=1S/C20H26O2/c1-12-8-15(4)18(20(22)9-12)11-19(21)16(5)17-7-6-13(2)14(3)10-17/h6-10,16,19,21-22H,11H2,1-5H3. The van der Waals surface area contributed by atoms with Gasteiger partial charge in [-0.1, -0.05) is 31.2 Å². The Morgan fingerprint density at radius 1 is 0.909 bits per heavy atom. The zero-order valence-electron chi connectivity index (χ0n) is 14.1. The number of hydrogen-bond donors (Lipinski definition) is 2. The zero-order chi connectivity index (χ0) is 16.4. The maximum Gasteiger partial charge on any atom is 0.119 e. The first-order chi connectivity index (χ1) is 10.3. The third-order valence-electron chi connectivity index (χ3n) is 4.64. The van der Waals surface area contributed by atoms with Crippen LogP contribution in [0.3, 0.4) is 0 Å². The van der Waals surface area contributed by atoms with E-state index in [1.165, 1.54) is 11.1 Å². The molecule has 0 spiro atoms. The molecule has 0 aliphatic carbocycles. The molecule has 2 N–H and O–H groups in total. The highest BCUT2D eigenvalue weighted by Crippen LogP contribution is 2.29. The number of aryl methyl sites for hydroxylation is 4. The van der Waals surface area contributed by atoms with E-state index in [4.69, 9.17) is 0 Å². The van der Waals surface area contributed by atoms with Crippen molar-refractivity contribution in [1.29, 1.82) is 0 Å². The fourth-order valence-electron chi connectivity index (χ4n) is 2.90. The highest BCUT2D eigenvalue weighted by atomic mass is 16.3. The summed E-state index contributed by atoms with van der Waals surface area (Å²) in [6.07, 6.45) is -0.0547. The molecule has 22 heavy (non-hydrogen) atoms. The molecule has 0 bridgehead atoms. The van der Waals surface area contributed by atoms with Crippen LogP contribution in [0.2, 0.25) is 0 Å². The average Bonchev–Trinajstić information content (AvgIpc) is 2.44. The van der Waals surface area contributed by atoms with Crippen molar-refractivity contribution < 1.29 is 10.2 Å². The summed E-state index contributed by atoms with van der Waals surface area (Å²) in [6.45, 7) is 10.2. The fourth-order valence-corrected chi connectivity index (χ4v) is 2.90. The molecule has 0 radical (unpaired) electrons. The van der Waals surface area contributed by atoms with Crippen LogP contribution in [0.5, 0.6) is 5.75 Å². The van der Waals surface area contributed by atoms with Crippen LogP contribution in [0.1, 0.15) is 46.2 Å². The third kappa shape index (κ3) is 3.50. The Morgan fingerprint density at radius 3 is 2.18 bits per heavy atom. The molecule has 2 aromatic rings. The van der Waals surface area contributed by atoms with E-state index in [1.54, 1.807) is 6.07 Å². The van der Waals surface area contributed by atoms with Crippen LogP contribution in [-0.2, 0) is 6.42 Å². The largest absolute Gasteiger partial charge is 0.508 e. The van der Waals surface area contributed by atoms with Gasteiger partial charge < -0.3 is 10.2 Å². The predicted octanol–water partition coefficient (Wildman–Crippen LogP) is 4.33. The summed E-state index contributed by atoms with van der Waals surface area (Å²) in [5, 5.41) is 20.7. The van der Waals surface area contributed by atoms with E-state index in [0.717, 1.165) is 22.3 Å². The summed E-state index contributed by atoms with van der Waals surface area (Å²) in [4.78, 5) is 0. The van der Waals surface area contributed by atoms with Gasteiger partial charge in [0.1, 0.15) is 5.75 Å². The van der Waals surface area contributed by atoms with E-state index in [9.17, 15) is 10.2 Å². The minimum Gasteiger partial charge on any atom is -0.508 e. The lowest BCUT2D eigenvalue weighted by molar-refractivity contribution is 0.148.